The number of benzene rings is 1. The van der Waals surface area contributed by atoms with Gasteiger partial charge in [-0.15, -0.1) is 0 Å². The van der Waals surface area contributed by atoms with Crippen molar-refractivity contribution in [2.24, 2.45) is 0 Å². The molecular weight excluding hydrogens is 228 g/mol. The van der Waals surface area contributed by atoms with E-state index in [2.05, 4.69) is 5.32 Å². The molecule has 4 heteroatoms. The first-order valence-corrected chi connectivity index (χ1v) is 6.55. The molecule has 2 rings (SSSR count). The highest BCUT2D eigenvalue weighted by Gasteiger charge is 2.18. The van der Waals surface area contributed by atoms with Gasteiger partial charge in [0, 0.05) is 12.1 Å². The number of ether oxygens (including phenoxy) is 1. The number of hydrogen-bond donors (Lipinski definition) is 2. The Morgan fingerprint density at radius 1 is 1.44 bits per heavy atom. The fourth-order valence-corrected chi connectivity index (χ4v) is 2.25. The number of hydrogen-bond acceptors (Lipinski definition) is 3. The van der Waals surface area contributed by atoms with Gasteiger partial charge in [-0.3, -0.25) is 4.79 Å². The summed E-state index contributed by atoms with van der Waals surface area (Å²) in [5, 5.41) is 2.75. The summed E-state index contributed by atoms with van der Waals surface area (Å²) >= 11 is 0. The average molecular weight is 248 g/mol. The van der Waals surface area contributed by atoms with Crippen LogP contribution in [-0.2, 0) is 0 Å². The molecule has 4 nitrogen and oxygen atoms in total. The molecule has 18 heavy (non-hydrogen) atoms. The zero-order valence-electron chi connectivity index (χ0n) is 10.7. The van der Waals surface area contributed by atoms with Crippen LogP contribution in [0, 0.1) is 0 Å². The minimum Gasteiger partial charge on any atom is -0.488 e. The third kappa shape index (κ3) is 2.94. The fraction of sp³-hybridized carbons (Fsp3) is 0.500. The number of nitrogen functional groups attached to an aromatic ring is 1. The van der Waals surface area contributed by atoms with Gasteiger partial charge < -0.3 is 15.8 Å². The van der Waals surface area contributed by atoms with Gasteiger partial charge in [0.25, 0.3) is 5.91 Å². The van der Waals surface area contributed by atoms with Crippen LogP contribution in [0.3, 0.4) is 0 Å². The van der Waals surface area contributed by atoms with Crippen molar-refractivity contribution in [1.29, 1.82) is 0 Å². The topological polar surface area (TPSA) is 64.3 Å². The highest BCUT2D eigenvalue weighted by molar-refractivity contribution is 5.95. The van der Waals surface area contributed by atoms with Crippen LogP contribution >= 0.6 is 0 Å². The lowest BCUT2D eigenvalue weighted by Gasteiger charge is -2.15. The molecule has 1 aromatic carbocycles. The Bertz CT molecular complexity index is 426. The monoisotopic (exact) mass is 248 g/mol. The molecule has 0 saturated heterocycles. The van der Waals surface area contributed by atoms with Crippen molar-refractivity contribution >= 4 is 11.6 Å². The van der Waals surface area contributed by atoms with Gasteiger partial charge in [-0.2, -0.15) is 0 Å². The second kappa shape index (κ2) is 5.76. The van der Waals surface area contributed by atoms with E-state index in [1.807, 2.05) is 6.92 Å². The molecule has 0 atom stereocenters. The highest BCUT2D eigenvalue weighted by Crippen LogP contribution is 2.28. The fourth-order valence-electron chi connectivity index (χ4n) is 2.25. The number of carbonyl (C=O) groups is 1. The third-order valence-corrected chi connectivity index (χ3v) is 3.21. The molecular formula is C14H20N2O2. The zero-order valence-corrected chi connectivity index (χ0v) is 10.7. The molecule has 0 radical (unpaired) electrons. The van der Waals surface area contributed by atoms with E-state index in [-0.39, 0.29) is 12.0 Å². The SMILES string of the molecule is CCNC(=O)c1ccc(OC2CCCC2)c(N)c1. The average Bonchev–Trinajstić information content (AvgIpc) is 2.85. The molecule has 3 N–H and O–H groups in total. The van der Waals surface area contributed by atoms with Gasteiger partial charge in [-0.05, 0) is 50.8 Å². The Labute approximate surface area is 108 Å². The molecule has 0 heterocycles. The van der Waals surface area contributed by atoms with Crippen molar-refractivity contribution in [3.05, 3.63) is 23.8 Å². The summed E-state index contributed by atoms with van der Waals surface area (Å²) in [6, 6.07) is 5.22. The maximum Gasteiger partial charge on any atom is 0.251 e. The van der Waals surface area contributed by atoms with E-state index in [0.29, 0.717) is 23.5 Å². The second-order valence-corrected chi connectivity index (χ2v) is 4.64. The summed E-state index contributed by atoms with van der Waals surface area (Å²) in [7, 11) is 0. The van der Waals surface area contributed by atoms with E-state index in [1.54, 1.807) is 18.2 Å². The van der Waals surface area contributed by atoms with Crippen molar-refractivity contribution in [3.63, 3.8) is 0 Å². The lowest BCUT2D eigenvalue weighted by atomic mass is 10.1. The molecule has 1 aliphatic rings. The van der Waals surface area contributed by atoms with Crippen LogP contribution in [0.1, 0.15) is 43.0 Å². The number of nitrogens with one attached hydrogen (secondary N) is 1. The van der Waals surface area contributed by atoms with E-state index >= 15 is 0 Å². The van der Waals surface area contributed by atoms with Crippen LogP contribution in [0.4, 0.5) is 5.69 Å². The smallest absolute Gasteiger partial charge is 0.251 e. The second-order valence-electron chi connectivity index (χ2n) is 4.64. The van der Waals surface area contributed by atoms with Crippen LogP contribution in [0.25, 0.3) is 0 Å². The molecule has 0 aliphatic heterocycles. The normalized spacial score (nSPS) is 15.6. The Balaban J connectivity index is 2.06. The quantitative estimate of drug-likeness (QED) is 0.804. The van der Waals surface area contributed by atoms with Gasteiger partial charge in [0.15, 0.2) is 0 Å². The maximum atomic E-state index is 11.6. The number of carbonyl (C=O) groups excluding carboxylic acids is 1. The van der Waals surface area contributed by atoms with E-state index < -0.39 is 0 Å². The lowest BCUT2D eigenvalue weighted by Crippen LogP contribution is -2.22. The molecule has 98 valence electrons. The predicted octanol–water partition coefficient (Wildman–Crippen LogP) is 2.34. The Morgan fingerprint density at radius 2 is 2.17 bits per heavy atom. The van der Waals surface area contributed by atoms with Gasteiger partial charge in [-0.1, -0.05) is 0 Å². The van der Waals surface area contributed by atoms with Crippen LogP contribution in [0.15, 0.2) is 18.2 Å². The van der Waals surface area contributed by atoms with Gasteiger partial charge in [0.2, 0.25) is 0 Å². The summed E-state index contributed by atoms with van der Waals surface area (Å²) in [4.78, 5) is 11.6. The first-order chi connectivity index (χ1) is 8.70. The number of nitrogens with two attached hydrogens (primary N) is 1. The molecule has 1 aromatic rings. The summed E-state index contributed by atoms with van der Waals surface area (Å²) < 4.78 is 5.84. The first-order valence-electron chi connectivity index (χ1n) is 6.55. The molecule has 0 unspecified atom stereocenters. The summed E-state index contributed by atoms with van der Waals surface area (Å²) in [6.07, 6.45) is 4.92. The largest absolute Gasteiger partial charge is 0.488 e. The molecule has 1 saturated carbocycles. The highest BCUT2D eigenvalue weighted by atomic mass is 16.5. The molecule has 1 aliphatic carbocycles. The van der Waals surface area contributed by atoms with E-state index in [4.69, 9.17) is 10.5 Å². The lowest BCUT2D eigenvalue weighted by molar-refractivity contribution is 0.0956. The molecule has 0 spiro atoms. The van der Waals surface area contributed by atoms with Gasteiger partial charge in [0.1, 0.15) is 5.75 Å². The van der Waals surface area contributed by atoms with E-state index in [0.717, 1.165) is 12.8 Å². The maximum absolute atomic E-state index is 11.6. The molecule has 1 amide bonds. The van der Waals surface area contributed by atoms with Crippen molar-refractivity contribution in [2.45, 2.75) is 38.7 Å². The summed E-state index contributed by atoms with van der Waals surface area (Å²) in [6.45, 7) is 2.50. The molecule has 1 fully saturated rings. The molecule has 0 bridgehead atoms. The zero-order chi connectivity index (χ0) is 13.0. The Kier molecular flexibility index (Phi) is 4.07. The first kappa shape index (κ1) is 12.7. The summed E-state index contributed by atoms with van der Waals surface area (Å²) in [5.41, 5.74) is 7.04. The van der Waals surface area contributed by atoms with Crippen LogP contribution < -0.4 is 15.8 Å². The van der Waals surface area contributed by atoms with Crippen molar-refractivity contribution < 1.29 is 9.53 Å². The molecule has 0 aromatic heterocycles. The third-order valence-electron chi connectivity index (χ3n) is 3.21. The minimum atomic E-state index is -0.100. The van der Waals surface area contributed by atoms with Crippen LogP contribution in [0.5, 0.6) is 5.75 Å². The van der Waals surface area contributed by atoms with E-state index in [9.17, 15) is 4.79 Å². The number of amides is 1. The van der Waals surface area contributed by atoms with Gasteiger partial charge in [0.05, 0.1) is 11.8 Å². The summed E-state index contributed by atoms with van der Waals surface area (Å²) in [5.74, 6) is 0.589. The van der Waals surface area contributed by atoms with Crippen molar-refractivity contribution in [2.75, 3.05) is 12.3 Å². The van der Waals surface area contributed by atoms with Crippen molar-refractivity contribution in [1.82, 2.24) is 5.32 Å². The standard InChI is InChI=1S/C14H20N2O2/c1-2-16-14(17)10-7-8-13(12(15)9-10)18-11-5-3-4-6-11/h7-9,11H,2-6,15H2,1H3,(H,16,17). The van der Waals surface area contributed by atoms with Gasteiger partial charge >= 0.3 is 0 Å². The number of rotatable bonds is 4. The Hall–Kier alpha value is -1.71. The predicted molar refractivity (Wildman–Crippen MR) is 71.7 cm³/mol. The van der Waals surface area contributed by atoms with Crippen LogP contribution in [0.2, 0.25) is 0 Å². The number of anilines is 1. The Morgan fingerprint density at radius 3 is 2.78 bits per heavy atom. The van der Waals surface area contributed by atoms with Crippen LogP contribution in [-0.4, -0.2) is 18.6 Å². The minimum absolute atomic E-state index is 0.100. The van der Waals surface area contributed by atoms with E-state index in [1.165, 1.54) is 12.8 Å². The van der Waals surface area contributed by atoms with Crippen molar-refractivity contribution in [3.8, 4) is 5.75 Å². The van der Waals surface area contributed by atoms with Gasteiger partial charge in [-0.25, -0.2) is 0 Å².